The van der Waals surface area contributed by atoms with Gasteiger partial charge in [-0.05, 0) is 226 Å². The minimum Gasteiger partial charge on any atom is -0.466 e. The number of furan rings is 1. The van der Waals surface area contributed by atoms with Crippen molar-refractivity contribution in [2.45, 2.75) is 201 Å². The zero-order valence-corrected chi connectivity index (χ0v) is 58.4. The highest BCUT2D eigenvalue weighted by molar-refractivity contribution is 6.93. The van der Waals surface area contributed by atoms with E-state index in [0.717, 1.165) is 70.7 Å². The van der Waals surface area contributed by atoms with Gasteiger partial charge in [-0.3, -0.25) is 0 Å². The van der Waals surface area contributed by atoms with Gasteiger partial charge >= 0.3 is 6.85 Å². The third-order valence-corrected chi connectivity index (χ3v) is 22.8. The van der Waals surface area contributed by atoms with Gasteiger partial charge in [0.15, 0.2) is 0 Å². The van der Waals surface area contributed by atoms with Crippen molar-refractivity contribution < 1.29 is 4.42 Å². The Kier molecular flexibility index (Phi) is 13.1. The maximum atomic E-state index is 8.08. The number of hydrogen-bond acceptors (Lipinski definition) is 4. The Morgan fingerprint density at radius 3 is 1.53 bits per heavy atom. The first-order chi connectivity index (χ1) is 43.2. The van der Waals surface area contributed by atoms with Crippen LogP contribution in [0.15, 0.2) is 180 Å². The molecule has 0 atom stereocenters. The second kappa shape index (κ2) is 20.0. The Morgan fingerprint density at radius 2 is 0.935 bits per heavy atom. The van der Waals surface area contributed by atoms with Crippen LogP contribution >= 0.6 is 0 Å². The van der Waals surface area contributed by atoms with Crippen LogP contribution < -0.4 is 25.7 Å². The molecule has 1 aromatic heterocycles. The molecule has 0 bridgehead atoms. The predicted molar refractivity (Wildman–Crippen MR) is 394 cm³/mol. The van der Waals surface area contributed by atoms with Crippen molar-refractivity contribution in [3.63, 3.8) is 0 Å². The van der Waals surface area contributed by atoms with Crippen LogP contribution in [0.1, 0.15) is 207 Å². The maximum Gasteiger partial charge on any atom is 0.375 e. The van der Waals surface area contributed by atoms with Crippen LogP contribution in [0.2, 0.25) is 0 Å². The summed E-state index contributed by atoms with van der Waals surface area (Å²) >= 11 is 0. The molecule has 0 saturated carbocycles. The summed E-state index contributed by atoms with van der Waals surface area (Å²) < 4.78 is 8.08. The quantitative estimate of drug-likeness (QED) is 0.155. The summed E-state index contributed by atoms with van der Waals surface area (Å²) in [6.45, 7) is 45.2. The topological polar surface area (TPSA) is 22.9 Å². The van der Waals surface area contributed by atoms with E-state index in [4.69, 9.17) is 4.42 Å². The van der Waals surface area contributed by atoms with E-state index < -0.39 is 0 Å². The van der Waals surface area contributed by atoms with E-state index in [1.807, 2.05) is 0 Å². The Morgan fingerprint density at radius 1 is 0.413 bits per heavy atom. The van der Waals surface area contributed by atoms with Crippen LogP contribution in [0.3, 0.4) is 0 Å². The molecule has 10 aromatic rings. The van der Waals surface area contributed by atoms with Gasteiger partial charge in [-0.2, -0.15) is 0 Å². The molecule has 3 aliphatic carbocycles. The number of rotatable bonds is 6. The summed E-state index contributed by atoms with van der Waals surface area (Å²) in [5.41, 5.74) is 31.7. The molecule has 466 valence electrons. The minimum absolute atomic E-state index is 0.00101. The lowest BCUT2D eigenvalue weighted by Crippen LogP contribution is -2.61. The predicted octanol–water partition coefficient (Wildman–Crippen LogP) is 23.2. The SMILES string of the molecule is CC(C)(C)c1ccc(N(c2ccc(C(C)(C)C)cc2)c2ccc3c(c2)-c2c4c(cc5c2C(C)(C)c2ccccc2-5)N(c2ccc(C(C)(C)C)cc2-c2ccccc2)c2c(oc5cc6c(cc25)C(C)(C)CCC6(C)C)B4N3c2ccc3c(c2)C(C)(C)CCC3(C)C)cc1. The average molecular weight is 1210 g/mol. The van der Waals surface area contributed by atoms with Crippen LogP contribution in [0.4, 0.5) is 45.5 Å². The van der Waals surface area contributed by atoms with E-state index in [0.29, 0.717) is 0 Å². The first-order valence-electron chi connectivity index (χ1n) is 34.3. The van der Waals surface area contributed by atoms with Gasteiger partial charge in [-0.25, -0.2) is 0 Å². The second-order valence-corrected chi connectivity index (χ2v) is 34.3. The number of anilines is 8. The second-order valence-electron chi connectivity index (χ2n) is 34.3. The van der Waals surface area contributed by atoms with E-state index in [1.165, 1.54) is 106 Å². The van der Waals surface area contributed by atoms with E-state index in [1.54, 1.807) is 0 Å². The first kappa shape index (κ1) is 60.2. The van der Waals surface area contributed by atoms with Gasteiger partial charge in [-0.15, -0.1) is 0 Å². The van der Waals surface area contributed by atoms with Gasteiger partial charge in [0, 0.05) is 56.1 Å². The summed E-state index contributed by atoms with van der Waals surface area (Å²) in [4.78, 5) is 7.93. The summed E-state index contributed by atoms with van der Waals surface area (Å²) in [5, 5.41) is 1.16. The van der Waals surface area contributed by atoms with E-state index in [2.05, 4.69) is 322 Å². The molecular weight excluding hydrogens is 1110 g/mol. The van der Waals surface area contributed by atoms with E-state index in [9.17, 15) is 0 Å². The highest BCUT2D eigenvalue weighted by Gasteiger charge is 2.54. The van der Waals surface area contributed by atoms with Gasteiger partial charge in [0.1, 0.15) is 11.2 Å². The third kappa shape index (κ3) is 9.18. The molecule has 5 heteroatoms. The van der Waals surface area contributed by atoms with E-state index in [-0.39, 0.29) is 50.2 Å². The van der Waals surface area contributed by atoms with Gasteiger partial charge in [-0.1, -0.05) is 223 Å². The van der Waals surface area contributed by atoms with Crippen molar-refractivity contribution in [2.75, 3.05) is 14.6 Å². The Hall–Kier alpha value is -8.02. The van der Waals surface area contributed by atoms with Crippen LogP contribution in [0.25, 0.3) is 44.3 Å². The van der Waals surface area contributed by atoms with Crippen LogP contribution in [0, 0.1) is 0 Å². The van der Waals surface area contributed by atoms with Gasteiger partial charge < -0.3 is 19.0 Å². The first-order valence-corrected chi connectivity index (χ1v) is 34.3. The molecule has 0 unspecified atom stereocenters. The highest BCUT2D eigenvalue weighted by atomic mass is 16.3. The van der Waals surface area contributed by atoms with Crippen molar-refractivity contribution in [3.05, 3.63) is 226 Å². The van der Waals surface area contributed by atoms with Crippen molar-refractivity contribution in [1.29, 1.82) is 0 Å². The summed E-state index contributed by atoms with van der Waals surface area (Å²) in [5.74, 6) is 0. The molecule has 15 rings (SSSR count). The summed E-state index contributed by atoms with van der Waals surface area (Å²) in [7, 11) is 0. The monoisotopic (exact) mass is 1210 g/mol. The summed E-state index contributed by atoms with van der Waals surface area (Å²) in [6.07, 6.45) is 4.50. The average Bonchev–Trinajstić information content (AvgIpc) is 1.38. The lowest BCUT2D eigenvalue weighted by molar-refractivity contribution is 0.332. The van der Waals surface area contributed by atoms with Crippen molar-refractivity contribution in [3.8, 4) is 33.4 Å². The minimum atomic E-state index is -0.373. The molecular formula is C87H94BN3O. The van der Waals surface area contributed by atoms with Crippen molar-refractivity contribution in [1.82, 2.24) is 0 Å². The molecule has 4 nitrogen and oxygen atoms in total. The normalized spacial score (nSPS) is 17.7. The number of nitrogens with zero attached hydrogens (tertiary/aromatic N) is 3. The molecule has 0 fully saturated rings. The standard InChI is InChI=1S/C87H94BN3O/c1-80(2,3)54-29-34-57(35-30-54)89(58-36-31-55(32-37-58)81(4,5)6)59-39-42-72-64(48-59)75-76-63(61-27-23-24-28-66(61)87(76,18)19)51-73-77(75)88(91(72)60-38-40-67-68(49-60)84(12,13)44-43-83(67,10)11)79-78(65-50-69-70(52-74(65)92-79)86(16,17)46-45-85(69,14)15)90(73)71-41-33-56(82(7,8)9)47-62(71)53-25-21-20-22-26-53/h20-42,47-52H,43-46H2,1-19H3. The molecule has 0 spiro atoms. The molecule has 2 aliphatic heterocycles. The largest absolute Gasteiger partial charge is 0.466 e. The summed E-state index contributed by atoms with van der Waals surface area (Å²) in [6, 6.07) is 69.2. The van der Waals surface area contributed by atoms with E-state index >= 15 is 0 Å². The lowest BCUT2D eigenvalue weighted by Gasteiger charge is -2.47. The molecule has 0 radical (unpaired) electrons. The molecule has 9 aromatic carbocycles. The molecule has 0 saturated heterocycles. The van der Waals surface area contributed by atoms with Gasteiger partial charge in [0.25, 0.3) is 0 Å². The van der Waals surface area contributed by atoms with Crippen molar-refractivity contribution >= 4 is 74.4 Å². The zero-order chi connectivity index (χ0) is 64.9. The maximum absolute atomic E-state index is 8.08. The van der Waals surface area contributed by atoms with Crippen LogP contribution in [-0.4, -0.2) is 6.85 Å². The zero-order valence-electron chi connectivity index (χ0n) is 58.4. The Bertz CT molecular complexity index is 4610. The van der Waals surface area contributed by atoms with Crippen LogP contribution in [0.5, 0.6) is 0 Å². The lowest BCUT2D eigenvalue weighted by atomic mass is 9.45. The Balaban J connectivity index is 1.11. The number of hydrogen-bond donors (Lipinski definition) is 0. The molecule has 0 N–H and O–H groups in total. The van der Waals surface area contributed by atoms with Gasteiger partial charge in [0.2, 0.25) is 0 Å². The highest BCUT2D eigenvalue weighted by Crippen LogP contribution is 2.61. The molecule has 3 heterocycles. The van der Waals surface area contributed by atoms with Crippen molar-refractivity contribution in [2.24, 2.45) is 0 Å². The fourth-order valence-corrected chi connectivity index (χ4v) is 17.0. The van der Waals surface area contributed by atoms with Gasteiger partial charge in [0.05, 0.1) is 11.4 Å². The fraction of sp³-hybridized carbons (Fsp3) is 0.356. The smallest absolute Gasteiger partial charge is 0.375 e. The Labute approximate surface area is 550 Å². The molecule has 0 amide bonds. The molecule has 5 aliphatic rings. The van der Waals surface area contributed by atoms with Crippen LogP contribution in [-0.2, 0) is 43.3 Å². The molecule has 92 heavy (non-hydrogen) atoms. The number of benzene rings is 9. The fourth-order valence-electron chi connectivity index (χ4n) is 17.0. The third-order valence-electron chi connectivity index (χ3n) is 22.8. The number of fused-ring (bicyclic) bond motifs is 12.